The van der Waals surface area contributed by atoms with Crippen LogP contribution in [-0.2, 0) is 10.3 Å². The molecule has 0 spiro atoms. The molecule has 2 aromatic carbocycles. The summed E-state index contributed by atoms with van der Waals surface area (Å²) in [7, 11) is 2.13. The van der Waals surface area contributed by atoms with Gasteiger partial charge in [0.25, 0.3) is 0 Å². The molecule has 1 unspecified atom stereocenters. The molecule has 0 aliphatic carbocycles. The van der Waals surface area contributed by atoms with Crippen LogP contribution < -0.4 is 4.90 Å². The largest absolute Gasteiger partial charge is 0.349 e. The predicted molar refractivity (Wildman–Crippen MR) is 76.2 cm³/mol. The van der Waals surface area contributed by atoms with Crippen molar-refractivity contribution in [1.29, 1.82) is 0 Å². The molecule has 2 heteroatoms. The maximum Gasteiger partial charge on any atom is 0.131 e. The Morgan fingerprint density at radius 3 is 2.63 bits per heavy atom. The lowest BCUT2D eigenvalue weighted by atomic mass is 9.83. The molecular weight excluding hydrogens is 234 g/mol. The minimum absolute atomic E-state index is 0.204. The number of para-hydroxylation sites is 1. The summed E-state index contributed by atoms with van der Waals surface area (Å²) in [5, 5.41) is 0. The Kier molecular flexibility index (Phi) is 2.24. The van der Waals surface area contributed by atoms with Crippen molar-refractivity contribution in [2.75, 3.05) is 11.9 Å². The fraction of sp³-hybridized carbons (Fsp3) is 0.294. The molecule has 2 aliphatic rings. The van der Waals surface area contributed by atoms with Crippen LogP contribution in [0.4, 0.5) is 5.69 Å². The average Bonchev–Trinajstić information content (AvgIpc) is 2.89. The second-order valence-corrected chi connectivity index (χ2v) is 5.43. The van der Waals surface area contributed by atoms with Crippen molar-refractivity contribution in [3.8, 4) is 0 Å². The minimum atomic E-state index is -0.241. The van der Waals surface area contributed by atoms with Crippen molar-refractivity contribution in [1.82, 2.24) is 0 Å². The Morgan fingerprint density at radius 1 is 1.05 bits per heavy atom. The molecule has 2 bridgehead atoms. The molecule has 1 fully saturated rings. The molecule has 1 saturated heterocycles. The topological polar surface area (TPSA) is 12.5 Å². The van der Waals surface area contributed by atoms with Crippen LogP contribution in [0.25, 0.3) is 0 Å². The van der Waals surface area contributed by atoms with E-state index in [1.54, 1.807) is 0 Å². The SMILES string of the molecule is CN1c2ccccc2[C@@]2(c3ccccc3)CCC1O2. The molecule has 2 nitrogen and oxygen atoms in total. The van der Waals surface area contributed by atoms with E-state index in [9.17, 15) is 0 Å². The fourth-order valence-corrected chi connectivity index (χ4v) is 3.50. The lowest BCUT2D eigenvalue weighted by molar-refractivity contribution is -0.0250. The molecular formula is C17H17NO. The van der Waals surface area contributed by atoms with Gasteiger partial charge in [-0.1, -0.05) is 48.5 Å². The summed E-state index contributed by atoms with van der Waals surface area (Å²) in [6.45, 7) is 0. The van der Waals surface area contributed by atoms with Gasteiger partial charge in [-0.05, 0) is 24.5 Å². The van der Waals surface area contributed by atoms with E-state index in [4.69, 9.17) is 4.74 Å². The summed E-state index contributed by atoms with van der Waals surface area (Å²) in [6, 6.07) is 19.3. The van der Waals surface area contributed by atoms with Crippen molar-refractivity contribution in [3.63, 3.8) is 0 Å². The van der Waals surface area contributed by atoms with Crippen LogP contribution in [0.2, 0.25) is 0 Å². The lowest BCUT2D eigenvalue weighted by Crippen LogP contribution is -2.41. The average molecular weight is 251 g/mol. The minimum Gasteiger partial charge on any atom is -0.349 e. The van der Waals surface area contributed by atoms with Gasteiger partial charge in [-0.25, -0.2) is 0 Å². The quantitative estimate of drug-likeness (QED) is 0.769. The number of rotatable bonds is 1. The molecule has 2 aliphatic heterocycles. The highest BCUT2D eigenvalue weighted by molar-refractivity contribution is 5.61. The van der Waals surface area contributed by atoms with E-state index in [1.165, 1.54) is 16.8 Å². The van der Waals surface area contributed by atoms with Crippen LogP contribution in [-0.4, -0.2) is 13.3 Å². The molecule has 0 aromatic heterocycles. The van der Waals surface area contributed by atoms with Crippen molar-refractivity contribution < 1.29 is 4.74 Å². The van der Waals surface area contributed by atoms with Gasteiger partial charge in [0.2, 0.25) is 0 Å². The van der Waals surface area contributed by atoms with Gasteiger partial charge in [0, 0.05) is 18.3 Å². The highest BCUT2D eigenvalue weighted by Gasteiger charge is 2.49. The standard InChI is InChI=1S/C17H17NO/c1-18-15-10-6-5-9-14(15)17(12-11-16(18)19-17)13-7-3-2-4-8-13/h2-10,16H,11-12H2,1H3/t16?,17-/m0/s1. The highest BCUT2D eigenvalue weighted by Crippen LogP contribution is 2.52. The van der Waals surface area contributed by atoms with Crippen molar-refractivity contribution in [2.45, 2.75) is 24.7 Å². The zero-order valence-corrected chi connectivity index (χ0v) is 11.0. The second-order valence-electron chi connectivity index (χ2n) is 5.43. The molecule has 96 valence electrons. The van der Waals surface area contributed by atoms with Gasteiger partial charge < -0.3 is 9.64 Å². The zero-order chi connectivity index (χ0) is 12.9. The number of hydrogen-bond acceptors (Lipinski definition) is 2. The van der Waals surface area contributed by atoms with E-state index in [-0.39, 0.29) is 11.8 Å². The molecule has 0 saturated carbocycles. The van der Waals surface area contributed by atoms with Gasteiger partial charge in [-0.15, -0.1) is 0 Å². The van der Waals surface area contributed by atoms with Crippen LogP contribution in [0, 0.1) is 0 Å². The molecule has 19 heavy (non-hydrogen) atoms. The Morgan fingerprint density at radius 2 is 1.79 bits per heavy atom. The first-order chi connectivity index (χ1) is 9.31. The van der Waals surface area contributed by atoms with Crippen molar-refractivity contribution in [3.05, 3.63) is 65.7 Å². The lowest BCUT2D eigenvalue weighted by Gasteiger charge is -2.41. The van der Waals surface area contributed by atoms with E-state index >= 15 is 0 Å². The third-order valence-electron chi connectivity index (χ3n) is 4.47. The molecule has 0 radical (unpaired) electrons. The summed E-state index contributed by atoms with van der Waals surface area (Å²) in [5.74, 6) is 0. The zero-order valence-electron chi connectivity index (χ0n) is 11.0. The van der Waals surface area contributed by atoms with E-state index in [1.807, 2.05) is 0 Å². The van der Waals surface area contributed by atoms with E-state index in [0.29, 0.717) is 0 Å². The Bertz CT molecular complexity index is 610. The molecule has 4 rings (SSSR count). The first-order valence-corrected chi connectivity index (χ1v) is 6.87. The smallest absolute Gasteiger partial charge is 0.131 e. The third-order valence-corrected chi connectivity index (χ3v) is 4.47. The van der Waals surface area contributed by atoms with Gasteiger partial charge in [0.1, 0.15) is 11.8 Å². The van der Waals surface area contributed by atoms with Crippen molar-refractivity contribution in [2.24, 2.45) is 0 Å². The molecule has 2 aromatic rings. The third kappa shape index (κ3) is 1.41. The first kappa shape index (κ1) is 11.1. The first-order valence-electron chi connectivity index (χ1n) is 6.87. The highest BCUT2D eigenvalue weighted by atomic mass is 16.5. The summed E-state index contributed by atoms with van der Waals surface area (Å²) in [4.78, 5) is 2.27. The van der Waals surface area contributed by atoms with Crippen LogP contribution in [0.1, 0.15) is 24.0 Å². The number of benzene rings is 2. The Labute approximate surface area is 113 Å². The van der Waals surface area contributed by atoms with Gasteiger partial charge in [-0.3, -0.25) is 0 Å². The van der Waals surface area contributed by atoms with Crippen LogP contribution in [0.5, 0.6) is 0 Å². The number of nitrogens with zero attached hydrogens (tertiary/aromatic N) is 1. The van der Waals surface area contributed by atoms with Crippen LogP contribution in [0.3, 0.4) is 0 Å². The summed E-state index contributed by atoms with van der Waals surface area (Å²) >= 11 is 0. The summed E-state index contributed by atoms with van der Waals surface area (Å²) in [5.41, 5.74) is 3.64. The van der Waals surface area contributed by atoms with E-state index in [0.717, 1.165) is 12.8 Å². The number of anilines is 1. The molecule has 0 amide bonds. The maximum atomic E-state index is 6.44. The van der Waals surface area contributed by atoms with Gasteiger partial charge in [-0.2, -0.15) is 0 Å². The monoisotopic (exact) mass is 251 g/mol. The predicted octanol–water partition coefficient (Wildman–Crippen LogP) is 3.52. The molecule has 2 atom stereocenters. The summed E-state index contributed by atoms with van der Waals surface area (Å²) in [6.07, 6.45) is 2.35. The van der Waals surface area contributed by atoms with Crippen LogP contribution in [0.15, 0.2) is 54.6 Å². The van der Waals surface area contributed by atoms with E-state index in [2.05, 4.69) is 66.5 Å². The Balaban J connectivity index is 1.97. The maximum absolute atomic E-state index is 6.44. The van der Waals surface area contributed by atoms with Gasteiger partial charge >= 0.3 is 0 Å². The normalized spacial score (nSPS) is 28.3. The number of fused-ring (bicyclic) bond motifs is 4. The van der Waals surface area contributed by atoms with E-state index < -0.39 is 0 Å². The van der Waals surface area contributed by atoms with Crippen LogP contribution >= 0.6 is 0 Å². The molecule has 0 N–H and O–H groups in total. The Hall–Kier alpha value is -1.80. The number of hydrogen-bond donors (Lipinski definition) is 0. The summed E-state index contributed by atoms with van der Waals surface area (Å²) < 4.78 is 6.44. The molecule has 2 heterocycles. The second kappa shape index (κ2) is 3.84. The van der Waals surface area contributed by atoms with Gasteiger partial charge in [0.05, 0.1) is 0 Å². The van der Waals surface area contributed by atoms with Gasteiger partial charge in [0.15, 0.2) is 0 Å². The van der Waals surface area contributed by atoms with Crippen molar-refractivity contribution >= 4 is 5.69 Å². The number of ether oxygens (including phenoxy) is 1. The fourth-order valence-electron chi connectivity index (χ4n) is 3.50.